The van der Waals surface area contributed by atoms with Crippen LogP contribution in [-0.2, 0) is 6.54 Å². The van der Waals surface area contributed by atoms with Crippen molar-refractivity contribution in [2.45, 2.75) is 26.8 Å². The zero-order valence-electron chi connectivity index (χ0n) is 11.1. The van der Waals surface area contributed by atoms with Gasteiger partial charge in [-0.3, -0.25) is 0 Å². The summed E-state index contributed by atoms with van der Waals surface area (Å²) in [5, 5.41) is 3.19. The summed E-state index contributed by atoms with van der Waals surface area (Å²) >= 11 is 0. The largest absolute Gasteiger partial charge is 0.460 e. The molecule has 1 aromatic carbocycles. The molecule has 0 aliphatic carbocycles. The van der Waals surface area contributed by atoms with E-state index < -0.39 is 11.6 Å². The topological polar surface area (TPSA) is 25.2 Å². The highest BCUT2D eigenvalue weighted by molar-refractivity contribution is 5.59. The van der Waals surface area contributed by atoms with Gasteiger partial charge in [-0.15, -0.1) is 0 Å². The maximum atomic E-state index is 13.8. The minimum absolute atomic E-state index is 0.157. The third-order valence-electron chi connectivity index (χ3n) is 2.90. The van der Waals surface area contributed by atoms with Crippen molar-refractivity contribution >= 4 is 0 Å². The highest BCUT2D eigenvalue weighted by Gasteiger charge is 2.12. The lowest BCUT2D eigenvalue weighted by molar-refractivity contribution is 0.489. The van der Waals surface area contributed by atoms with E-state index in [1.165, 1.54) is 19.1 Å². The second-order valence-corrected chi connectivity index (χ2v) is 4.52. The maximum Gasteiger partial charge on any atom is 0.137 e. The molecule has 0 fully saturated rings. The van der Waals surface area contributed by atoms with Crippen LogP contribution in [0.25, 0.3) is 11.3 Å². The van der Waals surface area contributed by atoms with E-state index in [0.29, 0.717) is 18.1 Å². The van der Waals surface area contributed by atoms with Crippen molar-refractivity contribution in [3.05, 3.63) is 47.2 Å². The van der Waals surface area contributed by atoms with Crippen LogP contribution in [0, 0.1) is 18.6 Å². The molecule has 2 nitrogen and oxygen atoms in total. The quantitative estimate of drug-likeness (QED) is 0.826. The second-order valence-electron chi connectivity index (χ2n) is 4.52. The van der Waals surface area contributed by atoms with Gasteiger partial charge < -0.3 is 9.73 Å². The normalized spacial score (nSPS) is 10.9. The summed E-state index contributed by atoms with van der Waals surface area (Å²) in [4.78, 5) is 0. The van der Waals surface area contributed by atoms with Gasteiger partial charge >= 0.3 is 0 Å². The molecule has 1 heterocycles. The van der Waals surface area contributed by atoms with Crippen molar-refractivity contribution in [1.29, 1.82) is 0 Å². The predicted octanol–water partition coefficient (Wildman–Crippen LogP) is 4.03. The van der Waals surface area contributed by atoms with Crippen LogP contribution in [0.3, 0.4) is 0 Å². The average molecular weight is 265 g/mol. The molecule has 0 spiro atoms. The monoisotopic (exact) mass is 265 g/mol. The van der Waals surface area contributed by atoms with Crippen LogP contribution in [-0.4, -0.2) is 6.54 Å². The number of nitrogens with one attached hydrogen (secondary N) is 1. The molecule has 0 bridgehead atoms. The van der Waals surface area contributed by atoms with E-state index in [1.54, 1.807) is 12.1 Å². The Labute approximate surface area is 111 Å². The number of rotatable bonds is 5. The number of halogens is 2. The summed E-state index contributed by atoms with van der Waals surface area (Å²) in [7, 11) is 0. The first-order chi connectivity index (χ1) is 9.11. The van der Waals surface area contributed by atoms with Gasteiger partial charge in [0.25, 0.3) is 0 Å². The van der Waals surface area contributed by atoms with Gasteiger partial charge in [0, 0.05) is 0 Å². The zero-order valence-corrected chi connectivity index (χ0v) is 11.1. The van der Waals surface area contributed by atoms with E-state index >= 15 is 0 Å². The van der Waals surface area contributed by atoms with Crippen LogP contribution in [0.2, 0.25) is 0 Å². The molecule has 2 rings (SSSR count). The van der Waals surface area contributed by atoms with Gasteiger partial charge in [-0.05, 0) is 49.7 Å². The molecular weight excluding hydrogens is 248 g/mol. The van der Waals surface area contributed by atoms with Crippen molar-refractivity contribution in [3.63, 3.8) is 0 Å². The van der Waals surface area contributed by atoms with Gasteiger partial charge in [-0.25, -0.2) is 8.78 Å². The highest BCUT2D eigenvalue weighted by Crippen LogP contribution is 2.27. The first-order valence-corrected chi connectivity index (χ1v) is 6.37. The molecule has 2 aromatic rings. The Morgan fingerprint density at radius 2 is 1.95 bits per heavy atom. The van der Waals surface area contributed by atoms with Crippen LogP contribution in [0.1, 0.15) is 24.7 Å². The lowest BCUT2D eigenvalue weighted by atomic mass is 10.1. The Hall–Kier alpha value is -1.68. The summed E-state index contributed by atoms with van der Waals surface area (Å²) in [6.45, 7) is 5.09. The molecule has 19 heavy (non-hydrogen) atoms. The molecule has 0 aliphatic rings. The molecular formula is C15H17F2NO. The minimum Gasteiger partial charge on any atom is -0.460 e. The molecule has 1 N–H and O–H groups in total. The number of furan rings is 1. The van der Waals surface area contributed by atoms with Gasteiger partial charge in [0.15, 0.2) is 0 Å². The van der Waals surface area contributed by atoms with Crippen LogP contribution >= 0.6 is 0 Å². The van der Waals surface area contributed by atoms with Crippen molar-refractivity contribution < 1.29 is 13.2 Å². The van der Waals surface area contributed by atoms with Crippen molar-refractivity contribution in [2.75, 3.05) is 6.54 Å². The predicted molar refractivity (Wildman–Crippen MR) is 70.8 cm³/mol. The van der Waals surface area contributed by atoms with Crippen molar-refractivity contribution in [2.24, 2.45) is 0 Å². The fourth-order valence-corrected chi connectivity index (χ4v) is 1.84. The summed E-state index contributed by atoms with van der Waals surface area (Å²) in [5.74, 6) is 0.160. The summed E-state index contributed by atoms with van der Waals surface area (Å²) in [6, 6.07) is 5.79. The molecule has 4 heteroatoms. The summed E-state index contributed by atoms with van der Waals surface area (Å²) < 4.78 is 32.8. The lowest BCUT2D eigenvalue weighted by Crippen LogP contribution is -2.12. The Balaban J connectivity index is 2.20. The first kappa shape index (κ1) is 13.7. The van der Waals surface area contributed by atoms with Gasteiger partial charge in [-0.2, -0.15) is 0 Å². The molecule has 102 valence electrons. The molecule has 1 aromatic heterocycles. The minimum atomic E-state index is -0.471. The number of hydrogen-bond acceptors (Lipinski definition) is 2. The lowest BCUT2D eigenvalue weighted by Gasteiger charge is -2.03. The highest BCUT2D eigenvalue weighted by atomic mass is 19.1. The molecule has 0 radical (unpaired) electrons. The Morgan fingerprint density at radius 1 is 1.16 bits per heavy atom. The third-order valence-corrected chi connectivity index (χ3v) is 2.90. The fourth-order valence-electron chi connectivity index (χ4n) is 1.84. The van der Waals surface area contributed by atoms with Crippen molar-refractivity contribution in [1.82, 2.24) is 5.32 Å². The smallest absolute Gasteiger partial charge is 0.137 e. The number of aryl methyl sites for hydroxylation is 1. The van der Waals surface area contributed by atoms with E-state index in [0.717, 1.165) is 13.0 Å². The van der Waals surface area contributed by atoms with E-state index in [4.69, 9.17) is 4.42 Å². The summed E-state index contributed by atoms with van der Waals surface area (Å²) in [5.41, 5.74) is 0.447. The first-order valence-electron chi connectivity index (χ1n) is 6.37. The van der Waals surface area contributed by atoms with Crippen LogP contribution < -0.4 is 5.32 Å². The van der Waals surface area contributed by atoms with Gasteiger partial charge in [0.2, 0.25) is 0 Å². The van der Waals surface area contributed by atoms with Gasteiger partial charge in [0.05, 0.1) is 12.1 Å². The Morgan fingerprint density at radius 3 is 2.68 bits per heavy atom. The van der Waals surface area contributed by atoms with E-state index in [2.05, 4.69) is 12.2 Å². The van der Waals surface area contributed by atoms with Gasteiger partial charge in [-0.1, -0.05) is 6.92 Å². The molecule has 0 saturated carbocycles. The average Bonchev–Trinajstić information content (AvgIpc) is 2.83. The fraction of sp³-hybridized carbons (Fsp3) is 0.333. The second kappa shape index (κ2) is 5.97. The van der Waals surface area contributed by atoms with Crippen LogP contribution in [0.5, 0.6) is 0 Å². The van der Waals surface area contributed by atoms with E-state index in [9.17, 15) is 8.78 Å². The standard InChI is InChI=1S/C15H17F2NO/c1-3-6-18-9-11-4-5-15(19-11)12-8-13(16)10(2)7-14(12)17/h4-5,7-8,18H,3,6,9H2,1-2H3. The molecule has 0 saturated heterocycles. The van der Waals surface area contributed by atoms with E-state index in [-0.39, 0.29) is 11.1 Å². The molecule has 0 atom stereocenters. The van der Waals surface area contributed by atoms with Crippen molar-refractivity contribution in [3.8, 4) is 11.3 Å². The number of benzene rings is 1. The SMILES string of the molecule is CCCNCc1ccc(-c2cc(F)c(C)cc2F)o1. The Bertz CT molecular complexity index is 563. The molecule has 0 aliphatic heterocycles. The maximum absolute atomic E-state index is 13.8. The summed E-state index contributed by atoms with van der Waals surface area (Å²) in [6.07, 6.45) is 1.03. The van der Waals surface area contributed by atoms with E-state index in [1.807, 2.05) is 0 Å². The third kappa shape index (κ3) is 3.20. The Kier molecular flexibility index (Phi) is 4.32. The molecule has 0 unspecified atom stereocenters. The van der Waals surface area contributed by atoms with Crippen LogP contribution in [0.15, 0.2) is 28.7 Å². The molecule has 0 amide bonds. The van der Waals surface area contributed by atoms with Gasteiger partial charge in [0.1, 0.15) is 23.2 Å². The zero-order chi connectivity index (χ0) is 13.8. The number of hydrogen-bond donors (Lipinski definition) is 1. The van der Waals surface area contributed by atoms with Crippen LogP contribution in [0.4, 0.5) is 8.78 Å².